The van der Waals surface area contributed by atoms with Gasteiger partial charge in [0.05, 0.1) is 5.69 Å². The van der Waals surface area contributed by atoms with Crippen LogP contribution in [-0.2, 0) is 6.54 Å². The number of aromatic nitrogens is 2. The molecule has 1 aliphatic heterocycles. The van der Waals surface area contributed by atoms with Gasteiger partial charge in [-0.2, -0.15) is 16.9 Å². The highest BCUT2D eigenvalue weighted by Gasteiger charge is 2.22. The molecule has 2 rings (SSSR count). The Labute approximate surface area is 99.0 Å². The van der Waals surface area contributed by atoms with Crippen molar-refractivity contribution in [3.8, 4) is 0 Å². The van der Waals surface area contributed by atoms with Gasteiger partial charge >= 0.3 is 0 Å². The van der Waals surface area contributed by atoms with E-state index in [4.69, 9.17) is 5.73 Å². The standard InChI is InChI=1S/C10H16N4OS/c1-2-14-7-8(11)9(12-14)10(15)13-3-5-16-6-4-13/h7H,2-6,11H2,1H3. The molecule has 6 heteroatoms. The summed E-state index contributed by atoms with van der Waals surface area (Å²) in [5.74, 6) is 1.96. The molecule has 1 amide bonds. The lowest BCUT2D eigenvalue weighted by Crippen LogP contribution is -2.38. The first kappa shape index (κ1) is 11.3. The fraction of sp³-hybridized carbons (Fsp3) is 0.600. The molecule has 0 radical (unpaired) electrons. The topological polar surface area (TPSA) is 64.2 Å². The van der Waals surface area contributed by atoms with Gasteiger partial charge in [-0.05, 0) is 6.92 Å². The number of carbonyl (C=O) groups excluding carboxylic acids is 1. The van der Waals surface area contributed by atoms with Crippen molar-refractivity contribution in [3.05, 3.63) is 11.9 Å². The Bertz CT molecular complexity index is 384. The summed E-state index contributed by atoms with van der Waals surface area (Å²) >= 11 is 1.87. The van der Waals surface area contributed by atoms with Crippen LogP contribution in [0.4, 0.5) is 5.69 Å². The Balaban J connectivity index is 2.15. The molecule has 0 atom stereocenters. The SMILES string of the molecule is CCn1cc(N)c(C(=O)N2CCSCC2)n1. The van der Waals surface area contributed by atoms with Gasteiger partial charge in [0, 0.05) is 37.3 Å². The minimum Gasteiger partial charge on any atom is -0.396 e. The maximum absolute atomic E-state index is 12.1. The number of carbonyl (C=O) groups is 1. The van der Waals surface area contributed by atoms with E-state index in [0.29, 0.717) is 11.4 Å². The molecule has 0 saturated carbocycles. The molecule has 16 heavy (non-hydrogen) atoms. The largest absolute Gasteiger partial charge is 0.396 e. The normalized spacial score (nSPS) is 16.4. The molecule has 1 saturated heterocycles. The number of nitrogens with zero attached hydrogens (tertiary/aromatic N) is 3. The quantitative estimate of drug-likeness (QED) is 0.825. The summed E-state index contributed by atoms with van der Waals surface area (Å²) in [6.45, 7) is 4.29. The molecule has 0 spiro atoms. The molecule has 5 nitrogen and oxygen atoms in total. The first-order valence-corrected chi connectivity index (χ1v) is 6.57. The number of nitrogen functional groups attached to an aromatic ring is 1. The van der Waals surface area contributed by atoms with E-state index in [9.17, 15) is 4.79 Å². The van der Waals surface area contributed by atoms with E-state index in [1.54, 1.807) is 10.9 Å². The monoisotopic (exact) mass is 240 g/mol. The maximum atomic E-state index is 12.1. The van der Waals surface area contributed by atoms with Crippen molar-refractivity contribution in [1.82, 2.24) is 14.7 Å². The van der Waals surface area contributed by atoms with Crippen LogP contribution in [0.3, 0.4) is 0 Å². The molecule has 1 aromatic rings. The molecule has 1 fully saturated rings. The Morgan fingerprint density at radius 1 is 1.56 bits per heavy atom. The fourth-order valence-corrected chi connectivity index (χ4v) is 2.58. The van der Waals surface area contributed by atoms with Crippen LogP contribution in [0.25, 0.3) is 0 Å². The fourth-order valence-electron chi connectivity index (χ4n) is 1.68. The summed E-state index contributed by atoms with van der Waals surface area (Å²) < 4.78 is 1.70. The van der Waals surface area contributed by atoms with E-state index < -0.39 is 0 Å². The zero-order valence-electron chi connectivity index (χ0n) is 9.35. The Morgan fingerprint density at radius 3 is 2.81 bits per heavy atom. The van der Waals surface area contributed by atoms with Crippen LogP contribution >= 0.6 is 11.8 Å². The first-order valence-electron chi connectivity index (χ1n) is 5.42. The second-order valence-electron chi connectivity index (χ2n) is 3.69. The van der Waals surface area contributed by atoms with Crippen molar-refractivity contribution >= 4 is 23.4 Å². The number of thioether (sulfide) groups is 1. The van der Waals surface area contributed by atoms with Gasteiger partial charge in [0.2, 0.25) is 0 Å². The summed E-state index contributed by atoms with van der Waals surface area (Å²) in [7, 11) is 0. The second-order valence-corrected chi connectivity index (χ2v) is 4.92. The molecule has 88 valence electrons. The molecule has 0 aromatic carbocycles. The van der Waals surface area contributed by atoms with Crippen molar-refractivity contribution in [2.75, 3.05) is 30.3 Å². The highest BCUT2D eigenvalue weighted by molar-refractivity contribution is 7.99. The van der Waals surface area contributed by atoms with E-state index in [-0.39, 0.29) is 5.91 Å². The third-order valence-electron chi connectivity index (χ3n) is 2.61. The van der Waals surface area contributed by atoms with Crippen molar-refractivity contribution in [1.29, 1.82) is 0 Å². The lowest BCUT2D eigenvalue weighted by Gasteiger charge is -2.25. The average Bonchev–Trinajstić information content (AvgIpc) is 2.71. The Kier molecular flexibility index (Phi) is 3.38. The van der Waals surface area contributed by atoms with Crippen molar-refractivity contribution in [2.45, 2.75) is 13.5 Å². The van der Waals surface area contributed by atoms with Crippen LogP contribution < -0.4 is 5.73 Å². The van der Waals surface area contributed by atoms with Gasteiger partial charge in [-0.1, -0.05) is 0 Å². The van der Waals surface area contributed by atoms with Gasteiger partial charge in [-0.3, -0.25) is 9.48 Å². The summed E-state index contributed by atoms with van der Waals surface area (Å²) in [5.41, 5.74) is 6.66. The van der Waals surface area contributed by atoms with Crippen molar-refractivity contribution in [2.24, 2.45) is 0 Å². The van der Waals surface area contributed by atoms with Gasteiger partial charge in [0.15, 0.2) is 5.69 Å². The predicted molar refractivity (Wildman–Crippen MR) is 65.5 cm³/mol. The van der Waals surface area contributed by atoms with E-state index in [1.807, 2.05) is 23.6 Å². The molecule has 1 aromatic heterocycles. The number of nitrogens with two attached hydrogens (primary N) is 1. The maximum Gasteiger partial charge on any atom is 0.276 e. The minimum atomic E-state index is -0.0370. The number of amides is 1. The zero-order chi connectivity index (χ0) is 11.5. The van der Waals surface area contributed by atoms with Crippen LogP contribution in [0.15, 0.2) is 6.20 Å². The molecule has 0 bridgehead atoms. The van der Waals surface area contributed by atoms with Gasteiger partial charge in [-0.15, -0.1) is 0 Å². The van der Waals surface area contributed by atoms with Gasteiger partial charge in [0.1, 0.15) is 0 Å². The number of hydrogen-bond donors (Lipinski definition) is 1. The molecule has 2 N–H and O–H groups in total. The van der Waals surface area contributed by atoms with Crippen LogP contribution in [0.1, 0.15) is 17.4 Å². The van der Waals surface area contributed by atoms with E-state index in [1.165, 1.54) is 0 Å². The van der Waals surface area contributed by atoms with Crippen LogP contribution in [-0.4, -0.2) is 45.2 Å². The number of rotatable bonds is 2. The summed E-state index contributed by atoms with van der Waals surface area (Å²) in [6.07, 6.45) is 1.71. The highest BCUT2D eigenvalue weighted by Crippen LogP contribution is 2.16. The number of anilines is 1. The minimum absolute atomic E-state index is 0.0370. The third kappa shape index (κ3) is 2.16. The van der Waals surface area contributed by atoms with Crippen molar-refractivity contribution in [3.63, 3.8) is 0 Å². The zero-order valence-corrected chi connectivity index (χ0v) is 10.2. The highest BCUT2D eigenvalue weighted by atomic mass is 32.2. The van der Waals surface area contributed by atoms with E-state index >= 15 is 0 Å². The number of aryl methyl sites for hydroxylation is 1. The lowest BCUT2D eigenvalue weighted by molar-refractivity contribution is 0.0766. The predicted octanol–water partition coefficient (Wildman–Crippen LogP) is 0.674. The summed E-state index contributed by atoms with van der Waals surface area (Å²) in [6, 6.07) is 0. The van der Waals surface area contributed by atoms with E-state index in [0.717, 1.165) is 31.1 Å². The number of hydrogen-bond acceptors (Lipinski definition) is 4. The van der Waals surface area contributed by atoms with Gasteiger partial charge in [0.25, 0.3) is 5.91 Å². The molecule has 1 aliphatic rings. The van der Waals surface area contributed by atoms with Crippen LogP contribution in [0.5, 0.6) is 0 Å². The van der Waals surface area contributed by atoms with Crippen LogP contribution in [0, 0.1) is 0 Å². The molecular formula is C10H16N4OS. The molecule has 0 unspecified atom stereocenters. The Morgan fingerprint density at radius 2 is 2.25 bits per heavy atom. The van der Waals surface area contributed by atoms with Gasteiger partial charge in [-0.25, -0.2) is 0 Å². The van der Waals surface area contributed by atoms with Crippen molar-refractivity contribution < 1.29 is 4.79 Å². The smallest absolute Gasteiger partial charge is 0.276 e. The van der Waals surface area contributed by atoms with Gasteiger partial charge < -0.3 is 10.6 Å². The lowest BCUT2D eigenvalue weighted by atomic mass is 10.3. The van der Waals surface area contributed by atoms with E-state index in [2.05, 4.69) is 5.10 Å². The molecular weight excluding hydrogens is 224 g/mol. The average molecular weight is 240 g/mol. The van der Waals surface area contributed by atoms with Crippen LogP contribution in [0.2, 0.25) is 0 Å². The summed E-state index contributed by atoms with van der Waals surface area (Å²) in [5, 5.41) is 4.20. The molecule has 0 aliphatic carbocycles. The third-order valence-corrected chi connectivity index (χ3v) is 3.56. The second kappa shape index (κ2) is 4.78. The Hall–Kier alpha value is -1.17. The first-order chi connectivity index (χ1) is 7.72. The summed E-state index contributed by atoms with van der Waals surface area (Å²) in [4.78, 5) is 13.9. The molecule has 2 heterocycles.